The number of nitrogens with two attached hydrogens (primary N) is 1. The Morgan fingerprint density at radius 1 is 1.29 bits per heavy atom. The van der Waals surface area contributed by atoms with Gasteiger partial charge in [0.25, 0.3) is 0 Å². The Morgan fingerprint density at radius 2 is 2.24 bits per heavy atom. The van der Waals surface area contributed by atoms with Gasteiger partial charge in [-0.1, -0.05) is 5.21 Å². The lowest BCUT2D eigenvalue weighted by Crippen LogP contribution is -2.00. The van der Waals surface area contributed by atoms with Crippen LogP contribution in [0.4, 0.5) is 0 Å². The molecule has 3 heterocycles. The van der Waals surface area contributed by atoms with Crippen molar-refractivity contribution in [1.82, 2.24) is 20.0 Å². The number of hydrogen-bond donors (Lipinski definition) is 1. The van der Waals surface area contributed by atoms with Gasteiger partial charge in [0.1, 0.15) is 0 Å². The van der Waals surface area contributed by atoms with Crippen molar-refractivity contribution in [2.24, 2.45) is 5.73 Å². The van der Waals surface area contributed by atoms with E-state index in [1.54, 1.807) is 17.6 Å². The van der Waals surface area contributed by atoms with Gasteiger partial charge < -0.3 is 10.2 Å². The minimum absolute atomic E-state index is 0.626. The third kappa shape index (κ3) is 3.56. The van der Waals surface area contributed by atoms with Gasteiger partial charge in [0.15, 0.2) is 10.8 Å². The van der Waals surface area contributed by atoms with Gasteiger partial charge in [0, 0.05) is 11.6 Å². The second-order valence-electron chi connectivity index (χ2n) is 4.77. The molecule has 0 aliphatic carbocycles. The van der Waals surface area contributed by atoms with Crippen molar-refractivity contribution in [3.8, 4) is 10.8 Å². The van der Waals surface area contributed by atoms with Crippen molar-refractivity contribution in [1.29, 1.82) is 0 Å². The number of aromatic nitrogens is 4. The van der Waals surface area contributed by atoms with E-state index in [1.807, 2.05) is 28.4 Å². The number of aryl methyl sites for hydroxylation is 1. The first kappa shape index (κ1) is 14.0. The Hall–Kier alpha value is -1.99. The topological polar surface area (TPSA) is 82.8 Å². The van der Waals surface area contributed by atoms with Gasteiger partial charge in [0.2, 0.25) is 0 Å². The molecule has 0 bridgehead atoms. The molecule has 0 aliphatic heterocycles. The Morgan fingerprint density at radius 3 is 3.05 bits per heavy atom. The molecule has 110 valence electrons. The lowest BCUT2D eigenvalue weighted by molar-refractivity contribution is 0.581. The fraction of sp³-hybridized carbons (Fsp3) is 0.357. The zero-order valence-electron chi connectivity index (χ0n) is 11.6. The van der Waals surface area contributed by atoms with Gasteiger partial charge in [-0.05, 0) is 37.9 Å². The van der Waals surface area contributed by atoms with Crippen LogP contribution in [0.5, 0.6) is 0 Å². The molecule has 0 spiro atoms. The molecule has 0 saturated heterocycles. The van der Waals surface area contributed by atoms with Crippen LogP contribution in [0.1, 0.15) is 24.2 Å². The summed E-state index contributed by atoms with van der Waals surface area (Å²) in [4.78, 5) is 4.55. The molecule has 2 N–H and O–H groups in total. The van der Waals surface area contributed by atoms with Crippen LogP contribution in [0.3, 0.4) is 0 Å². The first-order valence-corrected chi connectivity index (χ1v) is 7.80. The molecule has 3 aromatic rings. The Labute approximate surface area is 126 Å². The van der Waals surface area contributed by atoms with E-state index in [9.17, 15) is 0 Å². The Bertz CT molecular complexity index is 673. The highest BCUT2D eigenvalue weighted by atomic mass is 32.1. The molecule has 3 rings (SSSR count). The second kappa shape index (κ2) is 6.64. The Kier molecular flexibility index (Phi) is 4.42. The number of furan rings is 1. The summed E-state index contributed by atoms with van der Waals surface area (Å²) in [5.41, 5.74) is 7.45. The van der Waals surface area contributed by atoms with E-state index >= 15 is 0 Å². The van der Waals surface area contributed by atoms with Crippen LogP contribution in [-0.4, -0.2) is 26.5 Å². The van der Waals surface area contributed by atoms with E-state index < -0.39 is 0 Å². The van der Waals surface area contributed by atoms with Gasteiger partial charge in [-0.3, -0.25) is 0 Å². The molecule has 0 saturated carbocycles. The summed E-state index contributed by atoms with van der Waals surface area (Å²) < 4.78 is 7.16. The first-order valence-electron chi connectivity index (χ1n) is 6.92. The molecule has 0 unspecified atom stereocenters. The monoisotopic (exact) mass is 303 g/mol. The van der Waals surface area contributed by atoms with Crippen molar-refractivity contribution in [3.05, 3.63) is 41.4 Å². The molecular weight excluding hydrogens is 286 g/mol. The molecule has 0 radical (unpaired) electrons. The lowest BCUT2D eigenvalue weighted by atomic mass is 10.2. The number of nitrogens with zero attached hydrogens (tertiary/aromatic N) is 4. The van der Waals surface area contributed by atoms with Gasteiger partial charge in [-0.15, -0.1) is 16.4 Å². The van der Waals surface area contributed by atoms with Crippen molar-refractivity contribution in [2.45, 2.75) is 25.8 Å². The smallest absolute Gasteiger partial charge is 0.162 e. The van der Waals surface area contributed by atoms with Crippen molar-refractivity contribution >= 4 is 11.3 Å². The van der Waals surface area contributed by atoms with Crippen LogP contribution in [0.15, 0.2) is 34.4 Å². The maximum absolute atomic E-state index is 5.49. The van der Waals surface area contributed by atoms with Crippen LogP contribution >= 0.6 is 11.3 Å². The average molecular weight is 303 g/mol. The number of unbranched alkanes of at least 4 members (excludes halogenated alkanes) is 1. The molecule has 0 atom stereocenters. The Balaban J connectivity index is 1.61. The summed E-state index contributed by atoms with van der Waals surface area (Å²) in [6.07, 6.45) is 6.62. The summed E-state index contributed by atoms with van der Waals surface area (Å²) in [7, 11) is 0. The first-order chi connectivity index (χ1) is 10.3. The standard InChI is InChI=1S/C14H17N5OS/c15-6-2-1-4-11-8-19(18-17-11)9-12-10-21-14(16-12)13-5-3-7-20-13/h3,5,7-8,10H,1-2,4,6,9,15H2. The molecule has 0 aliphatic rings. The van der Waals surface area contributed by atoms with Crippen LogP contribution < -0.4 is 5.73 Å². The summed E-state index contributed by atoms with van der Waals surface area (Å²) >= 11 is 1.57. The fourth-order valence-corrected chi connectivity index (χ4v) is 2.82. The van der Waals surface area contributed by atoms with Gasteiger partial charge >= 0.3 is 0 Å². The van der Waals surface area contributed by atoms with E-state index in [4.69, 9.17) is 10.2 Å². The number of thiazole rings is 1. The molecular formula is C14H17N5OS. The normalized spacial score (nSPS) is 11.1. The van der Waals surface area contributed by atoms with E-state index in [0.717, 1.165) is 48.0 Å². The van der Waals surface area contributed by atoms with Gasteiger partial charge in [0.05, 0.1) is 24.2 Å². The summed E-state index contributed by atoms with van der Waals surface area (Å²) in [5.74, 6) is 0.798. The highest BCUT2D eigenvalue weighted by Crippen LogP contribution is 2.24. The molecule has 0 amide bonds. The zero-order valence-corrected chi connectivity index (χ0v) is 12.4. The van der Waals surface area contributed by atoms with Gasteiger partial charge in [-0.25, -0.2) is 9.67 Å². The second-order valence-corrected chi connectivity index (χ2v) is 5.63. The summed E-state index contributed by atoms with van der Waals surface area (Å²) in [6.45, 7) is 1.35. The van der Waals surface area contributed by atoms with Crippen LogP contribution in [0.2, 0.25) is 0 Å². The molecule has 6 nitrogen and oxygen atoms in total. The zero-order chi connectivity index (χ0) is 14.5. The minimum atomic E-state index is 0.626. The van der Waals surface area contributed by atoms with Crippen molar-refractivity contribution < 1.29 is 4.42 Å². The lowest BCUT2D eigenvalue weighted by Gasteiger charge is -1.95. The van der Waals surface area contributed by atoms with Crippen LogP contribution in [-0.2, 0) is 13.0 Å². The van der Waals surface area contributed by atoms with Crippen molar-refractivity contribution in [2.75, 3.05) is 6.54 Å². The molecule has 3 aromatic heterocycles. The van der Waals surface area contributed by atoms with E-state index in [2.05, 4.69) is 15.3 Å². The van der Waals surface area contributed by atoms with Crippen LogP contribution in [0.25, 0.3) is 10.8 Å². The largest absolute Gasteiger partial charge is 0.462 e. The fourth-order valence-electron chi connectivity index (χ4n) is 2.04. The molecule has 21 heavy (non-hydrogen) atoms. The van der Waals surface area contributed by atoms with Crippen molar-refractivity contribution in [3.63, 3.8) is 0 Å². The maximum Gasteiger partial charge on any atom is 0.162 e. The summed E-state index contributed by atoms with van der Waals surface area (Å²) in [6, 6.07) is 3.77. The predicted molar refractivity (Wildman–Crippen MR) is 80.9 cm³/mol. The third-order valence-corrected chi connectivity index (χ3v) is 3.99. The van der Waals surface area contributed by atoms with E-state index in [-0.39, 0.29) is 0 Å². The quantitative estimate of drug-likeness (QED) is 0.677. The predicted octanol–water partition coefficient (Wildman–Crippen LogP) is 2.32. The average Bonchev–Trinajstić information content (AvgIpc) is 3.20. The summed E-state index contributed by atoms with van der Waals surface area (Å²) in [5, 5.41) is 11.2. The van der Waals surface area contributed by atoms with Crippen LogP contribution in [0, 0.1) is 0 Å². The van der Waals surface area contributed by atoms with E-state index in [0.29, 0.717) is 6.54 Å². The SMILES string of the molecule is NCCCCc1cn(Cc2csc(-c3ccco3)n2)nn1. The minimum Gasteiger partial charge on any atom is -0.462 e. The van der Waals surface area contributed by atoms with Gasteiger partial charge in [-0.2, -0.15) is 0 Å². The highest BCUT2D eigenvalue weighted by Gasteiger charge is 2.08. The highest BCUT2D eigenvalue weighted by molar-refractivity contribution is 7.13. The molecule has 7 heteroatoms. The maximum atomic E-state index is 5.49. The number of hydrogen-bond acceptors (Lipinski definition) is 6. The molecule has 0 aromatic carbocycles. The molecule has 0 fully saturated rings. The number of rotatable bonds is 7. The third-order valence-electron chi connectivity index (χ3n) is 3.08. The van der Waals surface area contributed by atoms with E-state index in [1.165, 1.54) is 0 Å².